The number of para-hydroxylation sites is 1. The Balaban J connectivity index is 1.84. The summed E-state index contributed by atoms with van der Waals surface area (Å²) in [6, 6.07) is 20.5. The predicted octanol–water partition coefficient (Wildman–Crippen LogP) is 7.55. The molecule has 0 saturated carbocycles. The number of carbonyl (C=O) groups is 1. The predicted molar refractivity (Wildman–Crippen MR) is 176 cm³/mol. The summed E-state index contributed by atoms with van der Waals surface area (Å²) in [5, 5.41) is 0. The first-order valence-corrected chi connectivity index (χ1v) is 17.4. The molecule has 0 aromatic heterocycles. The molecule has 0 amide bonds. The molecule has 1 aliphatic heterocycles. The van der Waals surface area contributed by atoms with E-state index in [1.807, 2.05) is 66.9 Å². The molecule has 0 spiro atoms. The number of sulfonamides is 1. The standard InChI is InChI=1S/C34H42N2O6S2/c1-7-8-12-27-24-35(26-13-10-9-11-14-26)29-21-31(43-6)30(41-20-19-33(37)42-34(2,3)4)22-32(29)44(38,39)36(27)23-25-15-17-28(40-5)18-16-25/h9-11,13-22,27H,7-8,12,23-24H2,1-6H3/b20-19+. The summed E-state index contributed by atoms with van der Waals surface area (Å²) >= 11 is 1.44. The van der Waals surface area contributed by atoms with E-state index in [1.54, 1.807) is 38.3 Å². The number of rotatable bonds is 11. The Morgan fingerprint density at radius 3 is 2.39 bits per heavy atom. The highest BCUT2D eigenvalue weighted by molar-refractivity contribution is 7.98. The summed E-state index contributed by atoms with van der Waals surface area (Å²) in [6.45, 7) is 8.16. The number of ether oxygens (including phenoxy) is 3. The summed E-state index contributed by atoms with van der Waals surface area (Å²) in [7, 11) is -2.40. The molecule has 0 radical (unpaired) electrons. The first-order valence-electron chi connectivity index (χ1n) is 14.7. The van der Waals surface area contributed by atoms with Crippen LogP contribution in [0, 0.1) is 0 Å². The number of esters is 1. The number of hydrogen-bond acceptors (Lipinski definition) is 8. The second-order valence-electron chi connectivity index (χ2n) is 11.6. The molecule has 1 aliphatic rings. The van der Waals surface area contributed by atoms with Crippen LogP contribution >= 0.6 is 11.8 Å². The van der Waals surface area contributed by atoms with E-state index in [0.29, 0.717) is 30.2 Å². The number of anilines is 2. The van der Waals surface area contributed by atoms with Gasteiger partial charge < -0.3 is 19.1 Å². The largest absolute Gasteiger partial charge is 0.497 e. The van der Waals surface area contributed by atoms with Crippen LogP contribution in [0.1, 0.15) is 52.5 Å². The van der Waals surface area contributed by atoms with Crippen molar-refractivity contribution >= 4 is 39.1 Å². The Morgan fingerprint density at radius 2 is 1.77 bits per heavy atom. The van der Waals surface area contributed by atoms with E-state index in [4.69, 9.17) is 14.2 Å². The molecule has 10 heteroatoms. The van der Waals surface area contributed by atoms with Crippen LogP contribution in [0.2, 0.25) is 0 Å². The Labute approximate surface area is 266 Å². The Kier molecular flexibility index (Phi) is 11.0. The lowest BCUT2D eigenvalue weighted by Crippen LogP contribution is -2.43. The molecule has 0 aliphatic carbocycles. The maximum absolute atomic E-state index is 14.7. The van der Waals surface area contributed by atoms with Crippen LogP contribution in [0.4, 0.5) is 11.4 Å². The lowest BCUT2D eigenvalue weighted by molar-refractivity contribution is -0.148. The van der Waals surface area contributed by atoms with E-state index in [-0.39, 0.29) is 17.5 Å². The molecule has 236 valence electrons. The Morgan fingerprint density at radius 1 is 1.07 bits per heavy atom. The average Bonchev–Trinajstić information content (AvgIpc) is 3.07. The highest BCUT2D eigenvalue weighted by atomic mass is 32.2. The van der Waals surface area contributed by atoms with Gasteiger partial charge in [0.15, 0.2) is 0 Å². The number of methoxy groups -OCH3 is 1. The van der Waals surface area contributed by atoms with Crippen LogP contribution in [-0.4, -0.2) is 50.2 Å². The topological polar surface area (TPSA) is 85.4 Å². The smallest absolute Gasteiger partial charge is 0.334 e. The van der Waals surface area contributed by atoms with Gasteiger partial charge in [0.2, 0.25) is 10.0 Å². The third kappa shape index (κ3) is 8.16. The van der Waals surface area contributed by atoms with Gasteiger partial charge in [-0.05, 0) is 69.3 Å². The number of benzene rings is 3. The zero-order chi connectivity index (χ0) is 31.9. The lowest BCUT2D eigenvalue weighted by atomic mass is 10.1. The van der Waals surface area contributed by atoms with Crippen molar-refractivity contribution in [2.24, 2.45) is 0 Å². The van der Waals surface area contributed by atoms with E-state index in [9.17, 15) is 13.2 Å². The fraction of sp³-hybridized carbons (Fsp3) is 0.382. The van der Waals surface area contributed by atoms with Gasteiger partial charge in [-0.15, -0.1) is 11.8 Å². The minimum absolute atomic E-state index is 0.146. The van der Waals surface area contributed by atoms with Gasteiger partial charge in [-0.1, -0.05) is 50.1 Å². The molecule has 8 nitrogen and oxygen atoms in total. The number of carbonyl (C=O) groups excluding carboxylic acids is 1. The van der Waals surface area contributed by atoms with Crippen molar-refractivity contribution in [2.75, 3.05) is 24.8 Å². The molecule has 3 aromatic carbocycles. The van der Waals surface area contributed by atoms with Gasteiger partial charge >= 0.3 is 5.97 Å². The van der Waals surface area contributed by atoms with E-state index >= 15 is 0 Å². The molecular weight excluding hydrogens is 597 g/mol. The SMILES string of the molecule is CCCCC1CN(c2ccccc2)c2cc(SC)c(O/C=C/C(=O)OC(C)(C)C)cc2S(=O)(=O)N1Cc1ccc(OC)cc1. The Bertz CT molecular complexity index is 1550. The third-order valence-electron chi connectivity index (χ3n) is 7.19. The van der Waals surface area contributed by atoms with Crippen molar-refractivity contribution in [3.63, 3.8) is 0 Å². The van der Waals surface area contributed by atoms with Crippen molar-refractivity contribution in [3.8, 4) is 11.5 Å². The zero-order valence-electron chi connectivity index (χ0n) is 26.3. The van der Waals surface area contributed by atoms with Crippen LogP contribution in [0.15, 0.2) is 88.9 Å². The molecule has 0 N–H and O–H groups in total. The van der Waals surface area contributed by atoms with Crippen LogP contribution in [0.25, 0.3) is 0 Å². The lowest BCUT2D eigenvalue weighted by Gasteiger charge is -2.31. The third-order valence-corrected chi connectivity index (χ3v) is 9.87. The van der Waals surface area contributed by atoms with E-state index < -0.39 is 21.6 Å². The average molecular weight is 639 g/mol. The second kappa shape index (κ2) is 14.5. The summed E-state index contributed by atoms with van der Waals surface area (Å²) in [5.41, 5.74) is 1.71. The number of unbranched alkanes of at least 4 members (excludes halogenated alkanes) is 1. The number of nitrogens with zero attached hydrogens (tertiary/aromatic N) is 2. The van der Waals surface area contributed by atoms with Gasteiger partial charge in [0.1, 0.15) is 22.0 Å². The molecular formula is C34H42N2O6S2. The summed E-state index contributed by atoms with van der Waals surface area (Å²) in [5.74, 6) is 0.496. The first-order chi connectivity index (χ1) is 21.0. The number of fused-ring (bicyclic) bond motifs is 1. The molecule has 44 heavy (non-hydrogen) atoms. The summed E-state index contributed by atoms with van der Waals surface area (Å²) < 4.78 is 47.6. The van der Waals surface area contributed by atoms with E-state index in [1.165, 1.54) is 24.1 Å². The summed E-state index contributed by atoms with van der Waals surface area (Å²) in [6.07, 6.45) is 6.89. The molecule has 0 bridgehead atoms. The molecule has 4 rings (SSSR count). The van der Waals surface area contributed by atoms with Gasteiger partial charge in [-0.25, -0.2) is 13.2 Å². The molecule has 1 unspecified atom stereocenters. The minimum atomic E-state index is -4.01. The van der Waals surface area contributed by atoms with Crippen molar-refractivity contribution < 1.29 is 27.4 Å². The van der Waals surface area contributed by atoms with Gasteiger partial charge in [0.05, 0.1) is 30.0 Å². The first kappa shape index (κ1) is 33.4. The van der Waals surface area contributed by atoms with Crippen LogP contribution in [-0.2, 0) is 26.1 Å². The highest BCUT2D eigenvalue weighted by Crippen LogP contribution is 2.44. The highest BCUT2D eigenvalue weighted by Gasteiger charge is 2.40. The quantitative estimate of drug-likeness (QED) is 0.0921. The van der Waals surface area contributed by atoms with E-state index in [0.717, 1.165) is 29.0 Å². The molecule has 0 saturated heterocycles. The number of hydrogen-bond donors (Lipinski definition) is 0. The van der Waals surface area contributed by atoms with Gasteiger partial charge in [-0.3, -0.25) is 0 Å². The molecule has 1 heterocycles. The molecule has 3 aromatic rings. The van der Waals surface area contributed by atoms with Crippen LogP contribution < -0.4 is 14.4 Å². The summed E-state index contributed by atoms with van der Waals surface area (Å²) in [4.78, 5) is 15.2. The van der Waals surface area contributed by atoms with Crippen LogP contribution in [0.3, 0.4) is 0 Å². The monoisotopic (exact) mass is 638 g/mol. The van der Waals surface area contributed by atoms with Gasteiger partial charge in [-0.2, -0.15) is 4.31 Å². The minimum Gasteiger partial charge on any atom is -0.497 e. The van der Waals surface area contributed by atoms with Crippen molar-refractivity contribution in [1.82, 2.24) is 4.31 Å². The van der Waals surface area contributed by atoms with Crippen LogP contribution in [0.5, 0.6) is 11.5 Å². The molecule has 1 atom stereocenters. The maximum Gasteiger partial charge on any atom is 0.334 e. The second-order valence-corrected chi connectivity index (χ2v) is 14.3. The normalized spacial score (nSPS) is 16.8. The van der Waals surface area contributed by atoms with Crippen molar-refractivity contribution in [1.29, 1.82) is 0 Å². The fourth-order valence-corrected chi connectivity index (χ4v) is 7.44. The fourth-order valence-electron chi connectivity index (χ4n) is 5.07. The number of thioether (sulfide) groups is 1. The van der Waals surface area contributed by atoms with Crippen molar-refractivity contribution in [3.05, 3.63) is 84.6 Å². The maximum atomic E-state index is 14.7. The zero-order valence-corrected chi connectivity index (χ0v) is 27.9. The van der Waals surface area contributed by atoms with E-state index in [2.05, 4.69) is 11.8 Å². The molecule has 0 fully saturated rings. The Hall–Kier alpha value is -3.47. The van der Waals surface area contributed by atoms with Gasteiger partial charge in [0, 0.05) is 30.9 Å². The van der Waals surface area contributed by atoms with Crippen molar-refractivity contribution in [2.45, 2.75) is 74.9 Å². The van der Waals surface area contributed by atoms with Gasteiger partial charge in [0.25, 0.3) is 0 Å².